The molecule has 128 valence electrons. The van der Waals surface area contributed by atoms with Crippen LogP contribution in [0.3, 0.4) is 0 Å². The van der Waals surface area contributed by atoms with Crippen molar-refractivity contribution < 1.29 is 19.5 Å². The van der Waals surface area contributed by atoms with Gasteiger partial charge in [0.25, 0.3) is 0 Å². The summed E-state index contributed by atoms with van der Waals surface area (Å²) in [6, 6.07) is -0.902. The molecule has 1 rings (SSSR count). The van der Waals surface area contributed by atoms with Crippen LogP contribution in [-0.2, 0) is 20.8 Å². The molecule has 0 unspecified atom stereocenters. The lowest BCUT2D eigenvalue weighted by molar-refractivity contribution is -0.142. The van der Waals surface area contributed by atoms with Gasteiger partial charge in [-0.25, -0.2) is 9.78 Å². The zero-order valence-corrected chi connectivity index (χ0v) is 14.6. The van der Waals surface area contributed by atoms with Gasteiger partial charge in [0.1, 0.15) is 6.04 Å². The van der Waals surface area contributed by atoms with E-state index in [4.69, 9.17) is 5.11 Å². The normalized spacial score (nSPS) is 12.3. The molecular weight excluding hydrogens is 318 g/mol. The van der Waals surface area contributed by atoms with Gasteiger partial charge in [-0.3, -0.25) is 9.59 Å². The molecule has 3 N–H and O–H groups in total. The molecule has 0 aliphatic heterocycles. The van der Waals surface area contributed by atoms with Gasteiger partial charge in [-0.2, -0.15) is 0 Å². The standard InChI is InChI=1S/C15H23N3O4S/c1-8(2)5-11(14(21)22)17-12(19)6-10-7-23-15(16-10)18-13(20)9(3)4/h7-9,11H,5-6H2,1-4H3,(H,17,19)(H,21,22)(H,16,18,20)/t11-/m1/s1. The summed E-state index contributed by atoms with van der Waals surface area (Å²) in [6.07, 6.45) is 0.351. The number of thiazole rings is 1. The fourth-order valence-corrected chi connectivity index (χ4v) is 2.51. The minimum absolute atomic E-state index is 0.0179. The third-order valence-corrected chi connectivity index (χ3v) is 3.79. The third-order valence-electron chi connectivity index (χ3n) is 2.99. The van der Waals surface area contributed by atoms with Gasteiger partial charge in [-0.15, -0.1) is 11.3 Å². The Kier molecular flexibility index (Phi) is 7.15. The van der Waals surface area contributed by atoms with Crippen LogP contribution in [0.5, 0.6) is 0 Å². The number of hydrogen-bond acceptors (Lipinski definition) is 5. The minimum Gasteiger partial charge on any atom is -0.480 e. The van der Waals surface area contributed by atoms with Crippen LogP contribution in [-0.4, -0.2) is 33.9 Å². The first-order valence-corrected chi connectivity index (χ1v) is 8.34. The first kappa shape index (κ1) is 19.1. The Hall–Kier alpha value is -1.96. The van der Waals surface area contributed by atoms with Gasteiger partial charge in [0.2, 0.25) is 11.8 Å². The lowest BCUT2D eigenvalue weighted by atomic mass is 10.0. The van der Waals surface area contributed by atoms with Crippen LogP contribution in [0.1, 0.15) is 39.8 Å². The molecule has 0 bridgehead atoms. The summed E-state index contributed by atoms with van der Waals surface area (Å²) < 4.78 is 0. The number of anilines is 1. The maximum Gasteiger partial charge on any atom is 0.326 e. The average Bonchev–Trinajstić information content (AvgIpc) is 2.84. The van der Waals surface area contributed by atoms with E-state index in [0.29, 0.717) is 17.2 Å². The van der Waals surface area contributed by atoms with Gasteiger partial charge in [0, 0.05) is 11.3 Å². The van der Waals surface area contributed by atoms with Crippen molar-refractivity contribution in [1.82, 2.24) is 10.3 Å². The van der Waals surface area contributed by atoms with Crippen LogP contribution in [0.4, 0.5) is 5.13 Å². The zero-order valence-electron chi connectivity index (χ0n) is 13.8. The van der Waals surface area contributed by atoms with Crippen LogP contribution in [0, 0.1) is 11.8 Å². The molecule has 8 heteroatoms. The average molecular weight is 341 g/mol. The first-order valence-electron chi connectivity index (χ1n) is 7.46. The number of aromatic nitrogens is 1. The third kappa shape index (κ3) is 6.77. The van der Waals surface area contributed by atoms with Crippen LogP contribution in [0.25, 0.3) is 0 Å². The van der Waals surface area contributed by atoms with Crippen LogP contribution < -0.4 is 10.6 Å². The topological polar surface area (TPSA) is 108 Å². The molecule has 0 saturated carbocycles. The summed E-state index contributed by atoms with van der Waals surface area (Å²) in [6.45, 7) is 7.34. The van der Waals surface area contributed by atoms with Crippen molar-refractivity contribution in [3.05, 3.63) is 11.1 Å². The van der Waals surface area contributed by atoms with Gasteiger partial charge in [0.05, 0.1) is 12.1 Å². The second-order valence-corrected chi connectivity index (χ2v) is 6.91. The fraction of sp³-hybridized carbons (Fsp3) is 0.600. The Labute approximate surface area is 139 Å². The maximum atomic E-state index is 12.0. The Morgan fingerprint density at radius 2 is 1.91 bits per heavy atom. The SMILES string of the molecule is CC(C)C[C@@H](NC(=O)Cc1csc(NC(=O)C(C)C)n1)C(=O)O. The first-order chi connectivity index (χ1) is 10.7. The van der Waals surface area contributed by atoms with E-state index in [1.165, 1.54) is 11.3 Å². The van der Waals surface area contributed by atoms with Crippen molar-refractivity contribution in [3.8, 4) is 0 Å². The van der Waals surface area contributed by atoms with E-state index in [1.54, 1.807) is 19.2 Å². The van der Waals surface area contributed by atoms with E-state index >= 15 is 0 Å². The quantitative estimate of drug-likeness (QED) is 0.669. The molecule has 0 aliphatic rings. The number of nitrogens with zero attached hydrogens (tertiary/aromatic N) is 1. The number of hydrogen-bond donors (Lipinski definition) is 3. The van der Waals surface area contributed by atoms with Gasteiger partial charge in [0.15, 0.2) is 5.13 Å². The van der Waals surface area contributed by atoms with E-state index in [1.807, 2.05) is 13.8 Å². The van der Waals surface area contributed by atoms with Crippen LogP contribution in [0.15, 0.2) is 5.38 Å². The summed E-state index contributed by atoms with van der Waals surface area (Å²) in [5, 5.41) is 16.4. The predicted octanol–water partition coefficient (Wildman–Crippen LogP) is 1.90. The Bertz CT molecular complexity index is 569. The highest BCUT2D eigenvalue weighted by Gasteiger charge is 2.21. The molecule has 0 fully saturated rings. The monoisotopic (exact) mass is 341 g/mol. The van der Waals surface area contributed by atoms with E-state index in [-0.39, 0.29) is 24.2 Å². The van der Waals surface area contributed by atoms with E-state index in [2.05, 4.69) is 15.6 Å². The van der Waals surface area contributed by atoms with Crippen molar-refractivity contribution in [2.45, 2.75) is 46.6 Å². The maximum absolute atomic E-state index is 12.0. The molecule has 0 saturated heterocycles. The van der Waals surface area contributed by atoms with Crippen LogP contribution in [0.2, 0.25) is 0 Å². The highest BCUT2D eigenvalue weighted by atomic mass is 32.1. The highest BCUT2D eigenvalue weighted by Crippen LogP contribution is 2.17. The van der Waals surface area contributed by atoms with Crippen molar-refractivity contribution in [3.63, 3.8) is 0 Å². The molecule has 0 radical (unpaired) electrons. The number of carbonyl (C=O) groups excluding carboxylic acids is 2. The van der Waals surface area contributed by atoms with Crippen molar-refractivity contribution in [2.24, 2.45) is 11.8 Å². The van der Waals surface area contributed by atoms with E-state index < -0.39 is 17.9 Å². The number of carbonyl (C=O) groups is 3. The van der Waals surface area contributed by atoms with Crippen LogP contribution >= 0.6 is 11.3 Å². The zero-order chi connectivity index (χ0) is 17.6. The molecular formula is C15H23N3O4S. The molecule has 0 aliphatic carbocycles. The Morgan fingerprint density at radius 3 is 2.43 bits per heavy atom. The minimum atomic E-state index is -1.05. The summed E-state index contributed by atoms with van der Waals surface area (Å²) >= 11 is 1.23. The highest BCUT2D eigenvalue weighted by molar-refractivity contribution is 7.13. The molecule has 0 aromatic carbocycles. The van der Waals surface area contributed by atoms with Crippen molar-refractivity contribution >= 4 is 34.3 Å². The predicted molar refractivity (Wildman–Crippen MR) is 88.3 cm³/mol. The molecule has 23 heavy (non-hydrogen) atoms. The lowest BCUT2D eigenvalue weighted by Gasteiger charge is -2.16. The molecule has 1 heterocycles. The molecule has 0 spiro atoms. The van der Waals surface area contributed by atoms with E-state index in [9.17, 15) is 14.4 Å². The van der Waals surface area contributed by atoms with E-state index in [0.717, 1.165) is 0 Å². The Morgan fingerprint density at radius 1 is 1.26 bits per heavy atom. The number of aliphatic carboxylic acids is 1. The summed E-state index contributed by atoms with van der Waals surface area (Å²) in [5.41, 5.74) is 0.500. The van der Waals surface area contributed by atoms with Gasteiger partial charge < -0.3 is 15.7 Å². The van der Waals surface area contributed by atoms with Gasteiger partial charge in [-0.1, -0.05) is 27.7 Å². The summed E-state index contributed by atoms with van der Waals surface area (Å²) in [5.74, 6) is -1.58. The number of carboxylic acids is 1. The molecule has 2 amide bonds. The largest absolute Gasteiger partial charge is 0.480 e. The summed E-state index contributed by atoms with van der Waals surface area (Å²) in [7, 11) is 0. The number of amides is 2. The summed E-state index contributed by atoms with van der Waals surface area (Å²) in [4.78, 5) is 38.8. The molecule has 1 atom stereocenters. The van der Waals surface area contributed by atoms with Gasteiger partial charge in [-0.05, 0) is 12.3 Å². The van der Waals surface area contributed by atoms with Crippen molar-refractivity contribution in [2.75, 3.05) is 5.32 Å². The Balaban J connectivity index is 2.58. The molecule has 1 aromatic rings. The lowest BCUT2D eigenvalue weighted by Crippen LogP contribution is -2.42. The molecule has 7 nitrogen and oxygen atoms in total. The van der Waals surface area contributed by atoms with Gasteiger partial charge >= 0.3 is 5.97 Å². The van der Waals surface area contributed by atoms with Crippen molar-refractivity contribution in [1.29, 1.82) is 0 Å². The number of rotatable bonds is 8. The smallest absolute Gasteiger partial charge is 0.326 e. The number of carboxylic acid groups (broad SMARTS) is 1. The second kappa shape index (κ2) is 8.61. The second-order valence-electron chi connectivity index (χ2n) is 6.05. The molecule has 1 aromatic heterocycles. The number of nitrogens with one attached hydrogen (secondary N) is 2. The fourth-order valence-electron chi connectivity index (χ4n) is 1.80.